The molecule has 1 atom stereocenters. The van der Waals surface area contributed by atoms with Crippen LogP contribution in [0.1, 0.15) is 32.1 Å². The Labute approximate surface area is 72.4 Å². The number of carboxylic acids is 1. The van der Waals surface area contributed by atoms with Crippen molar-refractivity contribution in [1.29, 1.82) is 0 Å². The predicted octanol–water partition coefficient (Wildman–Crippen LogP) is 0.341. The van der Waals surface area contributed by atoms with Gasteiger partial charge in [0.1, 0.15) is 0 Å². The van der Waals surface area contributed by atoms with E-state index in [0.717, 1.165) is 19.3 Å². The molecule has 0 aromatic rings. The molecule has 0 saturated carbocycles. The molecule has 0 rings (SSSR count). The summed E-state index contributed by atoms with van der Waals surface area (Å²) in [6, 6.07) is -0.144. The third-order valence-corrected chi connectivity index (χ3v) is 1.70. The van der Waals surface area contributed by atoms with Gasteiger partial charge in [-0.15, -0.1) is 0 Å². The van der Waals surface area contributed by atoms with E-state index < -0.39 is 5.97 Å². The van der Waals surface area contributed by atoms with E-state index in [-0.39, 0.29) is 19.1 Å². The van der Waals surface area contributed by atoms with E-state index in [1.807, 2.05) is 0 Å². The summed E-state index contributed by atoms with van der Waals surface area (Å²) in [7, 11) is 0. The Hall–Kier alpha value is -0.610. The standard InChI is InChI=1S/C8H17NO3/c9-7(6-10)4-2-1-3-5-8(11)12/h7,10H,1-6,9H2,(H,11,12). The molecular formula is C8H17NO3. The van der Waals surface area contributed by atoms with Crippen LogP contribution in [0.25, 0.3) is 0 Å². The predicted molar refractivity (Wildman–Crippen MR) is 45.8 cm³/mol. The lowest BCUT2D eigenvalue weighted by atomic mass is 10.1. The maximum Gasteiger partial charge on any atom is 0.303 e. The van der Waals surface area contributed by atoms with Gasteiger partial charge in [-0.2, -0.15) is 0 Å². The lowest BCUT2D eigenvalue weighted by Gasteiger charge is -2.06. The molecule has 72 valence electrons. The first-order chi connectivity index (χ1) is 5.66. The van der Waals surface area contributed by atoms with Crippen LogP contribution < -0.4 is 5.73 Å². The Balaban J connectivity index is 3.05. The van der Waals surface area contributed by atoms with Gasteiger partial charge in [0, 0.05) is 12.5 Å². The van der Waals surface area contributed by atoms with Crippen molar-refractivity contribution in [2.24, 2.45) is 5.73 Å². The first-order valence-corrected chi connectivity index (χ1v) is 4.25. The highest BCUT2D eigenvalue weighted by atomic mass is 16.4. The maximum atomic E-state index is 10.1. The highest BCUT2D eigenvalue weighted by molar-refractivity contribution is 5.66. The minimum atomic E-state index is -0.749. The normalized spacial score (nSPS) is 12.8. The van der Waals surface area contributed by atoms with Gasteiger partial charge in [-0.1, -0.05) is 12.8 Å². The zero-order valence-corrected chi connectivity index (χ0v) is 7.20. The fourth-order valence-corrected chi connectivity index (χ4v) is 0.951. The molecule has 0 fully saturated rings. The first kappa shape index (κ1) is 11.4. The fourth-order valence-electron chi connectivity index (χ4n) is 0.951. The minimum Gasteiger partial charge on any atom is -0.481 e. The number of aliphatic hydroxyl groups excluding tert-OH is 1. The Morgan fingerprint density at radius 3 is 2.50 bits per heavy atom. The van der Waals surface area contributed by atoms with Crippen molar-refractivity contribution in [3.63, 3.8) is 0 Å². The number of carbonyl (C=O) groups is 1. The van der Waals surface area contributed by atoms with Gasteiger partial charge in [0.25, 0.3) is 0 Å². The van der Waals surface area contributed by atoms with E-state index in [4.69, 9.17) is 15.9 Å². The van der Waals surface area contributed by atoms with Crippen LogP contribution in [-0.4, -0.2) is 28.8 Å². The van der Waals surface area contributed by atoms with Crippen molar-refractivity contribution < 1.29 is 15.0 Å². The summed E-state index contributed by atoms with van der Waals surface area (Å²) in [6.45, 7) is 0.0128. The molecule has 0 spiro atoms. The fraction of sp³-hybridized carbons (Fsp3) is 0.875. The average molecular weight is 175 g/mol. The molecule has 0 saturated heterocycles. The van der Waals surface area contributed by atoms with Crippen LogP contribution >= 0.6 is 0 Å². The van der Waals surface area contributed by atoms with E-state index in [2.05, 4.69) is 0 Å². The van der Waals surface area contributed by atoms with Gasteiger partial charge in [-0.05, 0) is 12.8 Å². The van der Waals surface area contributed by atoms with Crippen LogP contribution in [0.5, 0.6) is 0 Å². The molecule has 0 radical (unpaired) electrons. The summed E-state index contributed by atoms with van der Waals surface area (Å²) in [5.74, 6) is -0.749. The van der Waals surface area contributed by atoms with Crippen LogP contribution in [0.4, 0.5) is 0 Å². The van der Waals surface area contributed by atoms with Crippen LogP contribution in [0.15, 0.2) is 0 Å². The molecule has 0 aromatic carbocycles. The molecule has 0 aliphatic rings. The summed E-state index contributed by atoms with van der Waals surface area (Å²) in [5.41, 5.74) is 5.45. The Morgan fingerprint density at radius 2 is 2.00 bits per heavy atom. The number of nitrogens with two attached hydrogens (primary N) is 1. The van der Waals surface area contributed by atoms with Gasteiger partial charge in [-0.3, -0.25) is 4.79 Å². The molecule has 0 heterocycles. The van der Waals surface area contributed by atoms with Gasteiger partial charge in [0.05, 0.1) is 6.61 Å². The number of hydrogen-bond donors (Lipinski definition) is 3. The lowest BCUT2D eigenvalue weighted by Crippen LogP contribution is -2.23. The van der Waals surface area contributed by atoms with Gasteiger partial charge >= 0.3 is 5.97 Å². The molecule has 4 nitrogen and oxygen atoms in total. The summed E-state index contributed by atoms with van der Waals surface area (Å²) < 4.78 is 0. The molecule has 4 N–H and O–H groups in total. The summed E-state index contributed by atoms with van der Waals surface area (Å²) >= 11 is 0. The highest BCUT2D eigenvalue weighted by Crippen LogP contribution is 2.04. The van der Waals surface area contributed by atoms with Crippen molar-refractivity contribution >= 4 is 5.97 Å². The number of carboxylic acid groups (broad SMARTS) is 1. The second-order valence-corrected chi connectivity index (χ2v) is 2.94. The number of aliphatic hydroxyl groups is 1. The molecule has 1 unspecified atom stereocenters. The summed E-state index contributed by atoms with van der Waals surface area (Å²) in [4.78, 5) is 10.1. The van der Waals surface area contributed by atoms with E-state index >= 15 is 0 Å². The Bertz CT molecular complexity index is 127. The number of aliphatic carboxylic acids is 1. The van der Waals surface area contributed by atoms with Crippen LogP contribution in [0.3, 0.4) is 0 Å². The zero-order chi connectivity index (χ0) is 9.40. The maximum absolute atomic E-state index is 10.1. The number of unbranched alkanes of at least 4 members (excludes halogenated alkanes) is 2. The van der Waals surface area contributed by atoms with Crippen molar-refractivity contribution in [3.8, 4) is 0 Å². The number of hydrogen-bond acceptors (Lipinski definition) is 3. The third kappa shape index (κ3) is 7.50. The van der Waals surface area contributed by atoms with E-state index in [9.17, 15) is 4.79 Å². The first-order valence-electron chi connectivity index (χ1n) is 4.25. The van der Waals surface area contributed by atoms with E-state index in [1.54, 1.807) is 0 Å². The average Bonchev–Trinajstić information content (AvgIpc) is 2.03. The zero-order valence-electron chi connectivity index (χ0n) is 7.20. The van der Waals surface area contributed by atoms with Crippen molar-refractivity contribution in [2.75, 3.05) is 6.61 Å². The molecular weight excluding hydrogens is 158 g/mol. The molecule has 0 aromatic heterocycles. The lowest BCUT2D eigenvalue weighted by molar-refractivity contribution is -0.137. The molecule has 0 amide bonds. The summed E-state index contributed by atoms with van der Waals surface area (Å²) in [5, 5.41) is 16.9. The minimum absolute atomic E-state index is 0.0128. The highest BCUT2D eigenvalue weighted by Gasteiger charge is 2.00. The third-order valence-electron chi connectivity index (χ3n) is 1.70. The summed E-state index contributed by atoms with van der Waals surface area (Å²) in [6.07, 6.45) is 3.48. The largest absolute Gasteiger partial charge is 0.481 e. The quantitative estimate of drug-likeness (QED) is 0.487. The van der Waals surface area contributed by atoms with Crippen molar-refractivity contribution in [3.05, 3.63) is 0 Å². The Kier molecular flexibility index (Phi) is 6.70. The smallest absolute Gasteiger partial charge is 0.303 e. The second kappa shape index (κ2) is 7.06. The van der Waals surface area contributed by atoms with Crippen LogP contribution in [-0.2, 0) is 4.79 Å². The molecule has 0 aliphatic carbocycles. The van der Waals surface area contributed by atoms with Gasteiger partial charge in [0.15, 0.2) is 0 Å². The van der Waals surface area contributed by atoms with Gasteiger partial charge in [-0.25, -0.2) is 0 Å². The molecule has 0 bridgehead atoms. The molecule has 4 heteroatoms. The number of rotatable bonds is 7. The van der Waals surface area contributed by atoms with Gasteiger partial charge in [0.2, 0.25) is 0 Å². The van der Waals surface area contributed by atoms with E-state index in [0.29, 0.717) is 6.42 Å². The SMILES string of the molecule is NC(CO)CCCCCC(=O)O. The van der Waals surface area contributed by atoms with Crippen LogP contribution in [0.2, 0.25) is 0 Å². The second-order valence-electron chi connectivity index (χ2n) is 2.94. The topological polar surface area (TPSA) is 83.5 Å². The monoisotopic (exact) mass is 175 g/mol. The Morgan fingerprint density at radius 1 is 1.33 bits per heavy atom. The van der Waals surface area contributed by atoms with E-state index in [1.165, 1.54) is 0 Å². The van der Waals surface area contributed by atoms with Crippen molar-refractivity contribution in [2.45, 2.75) is 38.1 Å². The van der Waals surface area contributed by atoms with Crippen molar-refractivity contribution in [1.82, 2.24) is 0 Å². The van der Waals surface area contributed by atoms with Crippen LogP contribution in [0, 0.1) is 0 Å². The van der Waals surface area contributed by atoms with Gasteiger partial charge < -0.3 is 15.9 Å². The molecule has 12 heavy (non-hydrogen) atoms. The molecule has 0 aliphatic heterocycles.